The molecule has 1 aromatic carbocycles. The van der Waals surface area contributed by atoms with E-state index in [1.165, 1.54) is 11.1 Å². The second-order valence-electron chi connectivity index (χ2n) is 4.09. The van der Waals surface area contributed by atoms with E-state index in [0.29, 0.717) is 24.7 Å². The van der Waals surface area contributed by atoms with E-state index in [4.69, 9.17) is 10.2 Å². The number of hydrogen-bond acceptors (Lipinski definition) is 4. The topological polar surface area (TPSA) is 64.9 Å². The smallest absolute Gasteiger partial charge is 0.220 e. The van der Waals surface area contributed by atoms with Gasteiger partial charge in [0.25, 0.3) is 0 Å². The highest BCUT2D eigenvalue weighted by atomic mass is 16.4. The molecule has 17 heavy (non-hydrogen) atoms. The summed E-state index contributed by atoms with van der Waals surface area (Å²) in [7, 11) is 0. The van der Waals surface area contributed by atoms with Gasteiger partial charge in [-0.3, -0.25) is 0 Å². The zero-order valence-electron chi connectivity index (χ0n) is 10.0. The monoisotopic (exact) mass is 231 g/mol. The SMILES string of the molecule is Cc1ccccc1Cc1nnc(CCCN)o1. The van der Waals surface area contributed by atoms with Crippen LogP contribution in [0.3, 0.4) is 0 Å². The highest BCUT2D eigenvalue weighted by Gasteiger charge is 2.07. The second-order valence-corrected chi connectivity index (χ2v) is 4.09. The van der Waals surface area contributed by atoms with Crippen LogP contribution < -0.4 is 5.73 Å². The van der Waals surface area contributed by atoms with Crippen LogP contribution in [0.2, 0.25) is 0 Å². The Morgan fingerprint density at radius 1 is 1.18 bits per heavy atom. The van der Waals surface area contributed by atoms with Crippen molar-refractivity contribution in [3.8, 4) is 0 Å². The Morgan fingerprint density at radius 3 is 2.71 bits per heavy atom. The van der Waals surface area contributed by atoms with E-state index in [9.17, 15) is 0 Å². The van der Waals surface area contributed by atoms with Gasteiger partial charge in [0, 0.05) is 6.42 Å². The fraction of sp³-hybridized carbons (Fsp3) is 0.385. The van der Waals surface area contributed by atoms with Crippen molar-refractivity contribution in [1.82, 2.24) is 10.2 Å². The number of benzene rings is 1. The van der Waals surface area contributed by atoms with Crippen LogP contribution in [0.15, 0.2) is 28.7 Å². The predicted molar refractivity (Wildman–Crippen MR) is 65.7 cm³/mol. The second kappa shape index (κ2) is 5.59. The molecule has 0 aliphatic carbocycles. The maximum absolute atomic E-state index is 5.57. The molecule has 0 radical (unpaired) electrons. The summed E-state index contributed by atoms with van der Waals surface area (Å²) in [6.07, 6.45) is 2.34. The van der Waals surface area contributed by atoms with Crippen LogP contribution in [0.25, 0.3) is 0 Å². The summed E-state index contributed by atoms with van der Waals surface area (Å²) in [5.74, 6) is 1.35. The van der Waals surface area contributed by atoms with Gasteiger partial charge in [0.05, 0.1) is 6.42 Å². The number of aryl methyl sites for hydroxylation is 2. The van der Waals surface area contributed by atoms with Crippen molar-refractivity contribution in [1.29, 1.82) is 0 Å². The van der Waals surface area contributed by atoms with E-state index in [2.05, 4.69) is 29.3 Å². The van der Waals surface area contributed by atoms with Crippen molar-refractivity contribution >= 4 is 0 Å². The molecule has 0 saturated heterocycles. The third-order valence-corrected chi connectivity index (χ3v) is 2.71. The third kappa shape index (κ3) is 3.14. The standard InChI is InChI=1S/C13H17N3O/c1-10-5-2-3-6-11(10)9-13-16-15-12(17-13)7-4-8-14/h2-3,5-6H,4,7-9,14H2,1H3. The van der Waals surface area contributed by atoms with Crippen LogP contribution in [0.5, 0.6) is 0 Å². The molecule has 90 valence electrons. The highest BCUT2D eigenvalue weighted by Crippen LogP contribution is 2.13. The lowest BCUT2D eigenvalue weighted by Crippen LogP contribution is -2.00. The highest BCUT2D eigenvalue weighted by molar-refractivity contribution is 5.27. The quantitative estimate of drug-likeness (QED) is 0.853. The van der Waals surface area contributed by atoms with E-state index in [0.717, 1.165) is 12.8 Å². The first kappa shape index (κ1) is 11.8. The molecule has 4 nitrogen and oxygen atoms in total. The maximum Gasteiger partial charge on any atom is 0.220 e. The van der Waals surface area contributed by atoms with Crippen molar-refractivity contribution in [2.45, 2.75) is 26.2 Å². The minimum absolute atomic E-state index is 0.648. The maximum atomic E-state index is 5.57. The van der Waals surface area contributed by atoms with Crippen LogP contribution in [0.4, 0.5) is 0 Å². The van der Waals surface area contributed by atoms with Gasteiger partial charge in [-0.05, 0) is 31.0 Å². The summed E-state index contributed by atoms with van der Waals surface area (Å²) in [6.45, 7) is 2.73. The van der Waals surface area contributed by atoms with Gasteiger partial charge in [-0.1, -0.05) is 24.3 Å². The molecule has 2 aromatic rings. The minimum atomic E-state index is 0.648. The molecule has 0 bridgehead atoms. The van der Waals surface area contributed by atoms with Crippen LogP contribution >= 0.6 is 0 Å². The Kier molecular flexibility index (Phi) is 3.88. The molecule has 0 fully saturated rings. The van der Waals surface area contributed by atoms with Crippen LogP contribution in [-0.4, -0.2) is 16.7 Å². The number of hydrogen-bond donors (Lipinski definition) is 1. The largest absolute Gasteiger partial charge is 0.425 e. The minimum Gasteiger partial charge on any atom is -0.425 e. The van der Waals surface area contributed by atoms with Gasteiger partial charge in [0.1, 0.15) is 0 Å². The van der Waals surface area contributed by atoms with E-state index in [1.807, 2.05) is 12.1 Å². The van der Waals surface area contributed by atoms with E-state index in [1.54, 1.807) is 0 Å². The normalized spacial score (nSPS) is 10.7. The van der Waals surface area contributed by atoms with Crippen molar-refractivity contribution in [3.63, 3.8) is 0 Å². The van der Waals surface area contributed by atoms with Crippen LogP contribution in [0, 0.1) is 6.92 Å². The fourth-order valence-corrected chi connectivity index (χ4v) is 1.69. The number of nitrogens with zero attached hydrogens (tertiary/aromatic N) is 2. The lowest BCUT2D eigenvalue weighted by molar-refractivity contribution is 0.453. The average Bonchev–Trinajstić information content (AvgIpc) is 2.77. The molecular weight excluding hydrogens is 214 g/mol. The van der Waals surface area contributed by atoms with Crippen molar-refractivity contribution in [2.75, 3.05) is 6.54 Å². The Balaban J connectivity index is 2.04. The first-order chi connectivity index (χ1) is 8.29. The van der Waals surface area contributed by atoms with Gasteiger partial charge >= 0.3 is 0 Å². The van der Waals surface area contributed by atoms with E-state index in [-0.39, 0.29) is 0 Å². The van der Waals surface area contributed by atoms with Crippen molar-refractivity contribution in [3.05, 3.63) is 47.2 Å². The number of nitrogens with two attached hydrogens (primary N) is 1. The summed E-state index contributed by atoms with van der Waals surface area (Å²) in [5, 5.41) is 8.06. The van der Waals surface area contributed by atoms with E-state index < -0.39 is 0 Å². The molecule has 0 saturated carbocycles. The van der Waals surface area contributed by atoms with Gasteiger partial charge < -0.3 is 10.2 Å². The fourth-order valence-electron chi connectivity index (χ4n) is 1.69. The Labute approximate surface area is 101 Å². The predicted octanol–water partition coefficient (Wildman–Crippen LogP) is 1.86. The summed E-state index contributed by atoms with van der Waals surface area (Å²) in [4.78, 5) is 0. The van der Waals surface area contributed by atoms with Crippen molar-refractivity contribution < 1.29 is 4.42 Å². The summed E-state index contributed by atoms with van der Waals surface area (Å²) < 4.78 is 5.57. The molecule has 0 atom stereocenters. The van der Waals surface area contributed by atoms with E-state index >= 15 is 0 Å². The first-order valence-corrected chi connectivity index (χ1v) is 5.85. The summed E-state index contributed by atoms with van der Waals surface area (Å²) >= 11 is 0. The van der Waals surface area contributed by atoms with Gasteiger partial charge in [-0.15, -0.1) is 10.2 Å². The zero-order chi connectivity index (χ0) is 12.1. The lowest BCUT2D eigenvalue weighted by Gasteiger charge is -2.01. The molecule has 4 heteroatoms. The molecule has 2 rings (SSSR count). The number of aromatic nitrogens is 2. The molecule has 1 aromatic heterocycles. The molecule has 0 spiro atoms. The van der Waals surface area contributed by atoms with Gasteiger partial charge in [-0.2, -0.15) is 0 Å². The zero-order valence-corrected chi connectivity index (χ0v) is 10.0. The molecule has 0 aliphatic heterocycles. The molecule has 0 aliphatic rings. The van der Waals surface area contributed by atoms with Gasteiger partial charge in [-0.25, -0.2) is 0 Å². The molecule has 1 heterocycles. The Hall–Kier alpha value is -1.68. The average molecular weight is 231 g/mol. The lowest BCUT2D eigenvalue weighted by atomic mass is 10.1. The Morgan fingerprint density at radius 2 is 1.94 bits per heavy atom. The molecule has 0 amide bonds. The molecule has 0 unspecified atom stereocenters. The molecule has 2 N–H and O–H groups in total. The summed E-state index contributed by atoms with van der Waals surface area (Å²) in [5.41, 5.74) is 7.91. The van der Waals surface area contributed by atoms with Crippen molar-refractivity contribution in [2.24, 2.45) is 5.73 Å². The third-order valence-electron chi connectivity index (χ3n) is 2.71. The number of rotatable bonds is 5. The van der Waals surface area contributed by atoms with Crippen LogP contribution in [0.1, 0.15) is 29.3 Å². The van der Waals surface area contributed by atoms with Gasteiger partial charge in [0.2, 0.25) is 11.8 Å². The first-order valence-electron chi connectivity index (χ1n) is 5.85. The van der Waals surface area contributed by atoms with Gasteiger partial charge in [0.15, 0.2) is 0 Å². The Bertz CT molecular complexity index is 479. The van der Waals surface area contributed by atoms with Crippen LogP contribution in [-0.2, 0) is 12.8 Å². The summed E-state index contributed by atoms with van der Waals surface area (Å²) in [6, 6.07) is 8.22. The molecular formula is C13H17N3O.